The van der Waals surface area contributed by atoms with Crippen LogP contribution in [0.25, 0.3) is 0 Å². The largest absolute Gasteiger partial charge is 0.496 e. The molecule has 0 aliphatic carbocycles. The van der Waals surface area contributed by atoms with Gasteiger partial charge in [-0.2, -0.15) is 0 Å². The molecule has 4 heteroatoms. The molecule has 0 aliphatic heterocycles. The molecular formula is C14H21NO3. The molecule has 0 saturated carbocycles. The standard InChI is InChI=1S/C14H21NO3/c1-10(16)8-9-14(17)15-11(2)12-6-4-5-7-13(12)18-3/h4-7,10-11,16H,8-9H2,1-3H3,(H,15,17)/t10?,11-/m0/s1. The summed E-state index contributed by atoms with van der Waals surface area (Å²) >= 11 is 0. The second-order valence-corrected chi connectivity index (χ2v) is 4.42. The third-order valence-electron chi connectivity index (χ3n) is 2.77. The molecule has 4 nitrogen and oxygen atoms in total. The van der Waals surface area contributed by atoms with Crippen molar-refractivity contribution in [3.8, 4) is 5.75 Å². The van der Waals surface area contributed by atoms with E-state index in [4.69, 9.17) is 9.84 Å². The normalized spacial score (nSPS) is 13.8. The maximum absolute atomic E-state index is 11.7. The second kappa shape index (κ2) is 7.01. The third-order valence-corrected chi connectivity index (χ3v) is 2.77. The Hall–Kier alpha value is -1.55. The molecule has 0 spiro atoms. The predicted molar refractivity (Wildman–Crippen MR) is 70.5 cm³/mol. The number of hydrogen-bond donors (Lipinski definition) is 2. The number of amides is 1. The van der Waals surface area contributed by atoms with Crippen LogP contribution < -0.4 is 10.1 Å². The summed E-state index contributed by atoms with van der Waals surface area (Å²) in [6, 6.07) is 7.50. The fraction of sp³-hybridized carbons (Fsp3) is 0.500. The molecule has 0 aliphatic rings. The van der Waals surface area contributed by atoms with Crippen LogP contribution in [0.1, 0.15) is 38.3 Å². The van der Waals surface area contributed by atoms with Crippen LogP contribution in [-0.2, 0) is 4.79 Å². The highest BCUT2D eigenvalue weighted by Gasteiger charge is 2.13. The zero-order chi connectivity index (χ0) is 13.5. The summed E-state index contributed by atoms with van der Waals surface area (Å²) in [5.74, 6) is 0.704. The van der Waals surface area contributed by atoms with E-state index in [1.165, 1.54) is 0 Å². The molecule has 1 aromatic carbocycles. The Morgan fingerprint density at radius 3 is 2.67 bits per heavy atom. The van der Waals surface area contributed by atoms with Crippen molar-refractivity contribution in [3.63, 3.8) is 0 Å². The van der Waals surface area contributed by atoms with E-state index in [2.05, 4.69) is 5.32 Å². The Morgan fingerprint density at radius 1 is 1.39 bits per heavy atom. The molecule has 0 radical (unpaired) electrons. The molecule has 1 aromatic rings. The van der Waals surface area contributed by atoms with Crippen molar-refractivity contribution in [3.05, 3.63) is 29.8 Å². The molecule has 1 amide bonds. The molecule has 100 valence electrons. The number of carbonyl (C=O) groups is 1. The predicted octanol–water partition coefficient (Wildman–Crippen LogP) is 2.03. The molecule has 0 fully saturated rings. The van der Waals surface area contributed by atoms with Crippen molar-refractivity contribution < 1.29 is 14.6 Å². The minimum absolute atomic E-state index is 0.0608. The summed E-state index contributed by atoms with van der Waals surface area (Å²) in [5.41, 5.74) is 0.949. The van der Waals surface area contributed by atoms with Gasteiger partial charge >= 0.3 is 0 Å². The average molecular weight is 251 g/mol. The van der Waals surface area contributed by atoms with E-state index in [0.717, 1.165) is 11.3 Å². The monoisotopic (exact) mass is 251 g/mol. The van der Waals surface area contributed by atoms with Gasteiger partial charge in [0.2, 0.25) is 5.91 Å². The maximum atomic E-state index is 11.7. The van der Waals surface area contributed by atoms with E-state index in [1.54, 1.807) is 14.0 Å². The first kappa shape index (κ1) is 14.5. The SMILES string of the molecule is COc1ccccc1[C@H](C)NC(=O)CCC(C)O. The molecule has 2 N–H and O–H groups in total. The zero-order valence-corrected chi connectivity index (χ0v) is 11.1. The van der Waals surface area contributed by atoms with E-state index >= 15 is 0 Å². The molecule has 0 bridgehead atoms. The number of rotatable bonds is 6. The average Bonchev–Trinajstić information content (AvgIpc) is 2.36. The first-order valence-corrected chi connectivity index (χ1v) is 6.15. The van der Waals surface area contributed by atoms with E-state index in [9.17, 15) is 4.79 Å². The lowest BCUT2D eigenvalue weighted by Crippen LogP contribution is -2.27. The summed E-state index contributed by atoms with van der Waals surface area (Å²) in [6.45, 7) is 3.59. The summed E-state index contributed by atoms with van der Waals surface area (Å²) < 4.78 is 5.25. The van der Waals surface area contributed by atoms with Gasteiger partial charge in [-0.1, -0.05) is 18.2 Å². The van der Waals surface area contributed by atoms with Crippen LogP contribution in [-0.4, -0.2) is 24.2 Å². The number of aliphatic hydroxyl groups is 1. The van der Waals surface area contributed by atoms with Crippen LogP contribution in [0.3, 0.4) is 0 Å². The van der Waals surface area contributed by atoms with Gasteiger partial charge in [-0.05, 0) is 26.3 Å². The Kier molecular flexibility index (Phi) is 5.65. The Bertz CT molecular complexity index is 390. The third kappa shape index (κ3) is 4.37. The lowest BCUT2D eigenvalue weighted by molar-refractivity contribution is -0.122. The van der Waals surface area contributed by atoms with Gasteiger partial charge in [0, 0.05) is 12.0 Å². The van der Waals surface area contributed by atoms with Crippen LogP contribution >= 0.6 is 0 Å². The quantitative estimate of drug-likeness (QED) is 0.813. The topological polar surface area (TPSA) is 58.6 Å². The number of benzene rings is 1. The Labute approximate surface area is 108 Å². The van der Waals surface area contributed by atoms with E-state index in [0.29, 0.717) is 12.8 Å². The van der Waals surface area contributed by atoms with E-state index in [-0.39, 0.29) is 11.9 Å². The summed E-state index contributed by atoms with van der Waals surface area (Å²) in [7, 11) is 1.61. The molecule has 0 aromatic heterocycles. The van der Waals surface area contributed by atoms with Crippen molar-refractivity contribution in [2.75, 3.05) is 7.11 Å². The number of ether oxygens (including phenoxy) is 1. The van der Waals surface area contributed by atoms with E-state index < -0.39 is 6.10 Å². The van der Waals surface area contributed by atoms with Crippen molar-refractivity contribution in [1.82, 2.24) is 5.32 Å². The van der Waals surface area contributed by atoms with Crippen molar-refractivity contribution in [2.24, 2.45) is 0 Å². The molecule has 1 rings (SSSR count). The molecule has 1 unspecified atom stereocenters. The summed E-state index contributed by atoms with van der Waals surface area (Å²) in [6.07, 6.45) is 0.360. The molecule has 2 atom stereocenters. The number of carbonyl (C=O) groups excluding carboxylic acids is 1. The molecule has 18 heavy (non-hydrogen) atoms. The van der Waals surface area contributed by atoms with Gasteiger partial charge in [-0.3, -0.25) is 4.79 Å². The second-order valence-electron chi connectivity index (χ2n) is 4.42. The first-order valence-electron chi connectivity index (χ1n) is 6.15. The molecule has 0 saturated heterocycles. The minimum Gasteiger partial charge on any atom is -0.496 e. The van der Waals surface area contributed by atoms with Crippen LogP contribution in [0.2, 0.25) is 0 Å². The van der Waals surface area contributed by atoms with Crippen molar-refractivity contribution >= 4 is 5.91 Å². The number of nitrogens with one attached hydrogen (secondary N) is 1. The summed E-state index contributed by atoms with van der Waals surface area (Å²) in [4.78, 5) is 11.7. The van der Waals surface area contributed by atoms with Gasteiger partial charge in [0.15, 0.2) is 0 Å². The van der Waals surface area contributed by atoms with Crippen LogP contribution in [0.4, 0.5) is 0 Å². The van der Waals surface area contributed by atoms with Gasteiger partial charge in [0.1, 0.15) is 5.75 Å². The summed E-state index contributed by atoms with van der Waals surface area (Å²) in [5, 5.41) is 12.0. The van der Waals surface area contributed by atoms with Gasteiger partial charge in [0.25, 0.3) is 0 Å². The van der Waals surface area contributed by atoms with Crippen LogP contribution in [0.15, 0.2) is 24.3 Å². The fourth-order valence-electron chi connectivity index (χ4n) is 1.76. The Balaban J connectivity index is 2.59. The van der Waals surface area contributed by atoms with Gasteiger partial charge in [-0.25, -0.2) is 0 Å². The highest BCUT2D eigenvalue weighted by molar-refractivity contribution is 5.76. The van der Waals surface area contributed by atoms with Gasteiger partial charge in [-0.15, -0.1) is 0 Å². The van der Waals surface area contributed by atoms with Crippen LogP contribution in [0.5, 0.6) is 5.75 Å². The highest BCUT2D eigenvalue weighted by Crippen LogP contribution is 2.24. The minimum atomic E-state index is -0.447. The molecular weight excluding hydrogens is 230 g/mol. The molecule has 0 heterocycles. The number of para-hydroxylation sites is 1. The van der Waals surface area contributed by atoms with Crippen LogP contribution in [0, 0.1) is 0 Å². The van der Waals surface area contributed by atoms with Gasteiger partial charge < -0.3 is 15.2 Å². The zero-order valence-electron chi connectivity index (χ0n) is 11.1. The van der Waals surface area contributed by atoms with Crippen molar-refractivity contribution in [1.29, 1.82) is 0 Å². The smallest absolute Gasteiger partial charge is 0.220 e. The van der Waals surface area contributed by atoms with E-state index in [1.807, 2.05) is 31.2 Å². The number of hydrogen-bond acceptors (Lipinski definition) is 3. The highest BCUT2D eigenvalue weighted by atomic mass is 16.5. The lowest BCUT2D eigenvalue weighted by Gasteiger charge is -2.17. The maximum Gasteiger partial charge on any atom is 0.220 e. The number of aliphatic hydroxyl groups excluding tert-OH is 1. The lowest BCUT2D eigenvalue weighted by atomic mass is 10.1. The Morgan fingerprint density at radius 2 is 2.06 bits per heavy atom. The first-order chi connectivity index (χ1) is 8.54. The fourth-order valence-corrected chi connectivity index (χ4v) is 1.76. The van der Waals surface area contributed by atoms with Crippen molar-refractivity contribution in [2.45, 2.75) is 38.8 Å². The van der Waals surface area contributed by atoms with Gasteiger partial charge in [0.05, 0.1) is 19.3 Å². The number of methoxy groups -OCH3 is 1.